The number of ether oxygens (including phenoxy) is 1. The van der Waals surface area contributed by atoms with E-state index in [1.807, 2.05) is 72.8 Å². The number of H-pyrrole nitrogens is 2. The van der Waals surface area contributed by atoms with E-state index in [0.29, 0.717) is 10.9 Å². The van der Waals surface area contributed by atoms with Crippen LogP contribution >= 0.6 is 11.8 Å². The third-order valence-electron chi connectivity index (χ3n) is 5.18. The molecule has 7 heteroatoms. The number of benzene rings is 3. The Kier molecular flexibility index (Phi) is 5.17. The zero-order chi connectivity index (χ0) is 22.1. The van der Waals surface area contributed by atoms with Crippen LogP contribution in [-0.4, -0.2) is 33.1 Å². The van der Waals surface area contributed by atoms with Crippen molar-refractivity contribution in [1.29, 1.82) is 0 Å². The summed E-state index contributed by atoms with van der Waals surface area (Å²) in [5.74, 6) is -0.326. The first-order chi connectivity index (χ1) is 15.6. The molecule has 0 aliphatic rings. The van der Waals surface area contributed by atoms with Crippen molar-refractivity contribution in [2.45, 2.75) is 5.16 Å². The van der Waals surface area contributed by atoms with Gasteiger partial charge in [0.1, 0.15) is 10.7 Å². The van der Waals surface area contributed by atoms with Crippen LogP contribution in [0.5, 0.6) is 5.75 Å². The smallest absolute Gasteiger partial charge is 0.342 e. The lowest BCUT2D eigenvalue weighted by Gasteiger charge is -2.04. The van der Waals surface area contributed by atoms with Gasteiger partial charge in [0.2, 0.25) is 0 Å². The van der Waals surface area contributed by atoms with Crippen molar-refractivity contribution in [3.8, 4) is 17.0 Å². The predicted molar refractivity (Wildman–Crippen MR) is 128 cm³/mol. The molecule has 0 saturated heterocycles. The first-order valence-corrected chi connectivity index (χ1v) is 10.8. The van der Waals surface area contributed by atoms with E-state index < -0.39 is 5.97 Å². The average molecular weight is 442 g/mol. The van der Waals surface area contributed by atoms with E-state index in [9.17, 15) is 9.90 Å². The van der Waals surface area contributed by atoms with E-state index >= 15 is 0 Å². The number of methoxy groups -OCH3 is 1. The lowest BCUT2D eigenvalue weighted by Crippen LogP contribution is -1.97. The van der Waals surface area contributed by atoms with Gasteiger partial charge in [-0.2, -0.15) is 0 Å². The molecule has 2 aromatic heterocycles. The fraction of sp³-hybridized carbons (Fsp3) is 0.0400. The predicted octanol–water partition coefficient (Wildman–Crippen LogP) is 5.94. The van der Waals surface area contributed by atoms with Gasteiger partial charge in [0, 0.05) is 10.9 Å². The molecule has 5 aromatic rings. The molecule has 0 unspecified atom stereocenters. The number of fused-ring (bicyclic) bond motifs is 2. The third-order valence-corrected chi connectivity index (χ3v) is 6.08. The molecule has 0 bridgehead atoms. The van der Waals surface area contributed by atoms with Crippen molar-refractivity contribution in [2.24, 2.45) is 0 Å². The molecule has 6 nitrogen and oxygen atoms in total. The molecule has 3 N–H and O–H groups in total. The highest BCUT2D eigenvalue weighted by Crippen LogP contribution is 2.38. The Morgan fingerprint density at radius 2 is 1.78 bits per heavy atom. The highest BCUT2D eigenvalue weighted by atomic mass is 32.2. The van der Waals surface area contributed by atoms with Crippen molar-refractivity contribution < 1.29 is 14.6 Å². The standard InChI is InChI=1S/C25H19N3O3S/c1-31-20-13-7-10-16-17(22(28-23(16)20)15-8-3-2-4-9-15)14-21(24(29)30)32-25-26-18-11-5-6-12-19(18)27-25/h2-14,28H,1H3,(H,26,27)(H,29,30)/b21-14-. The van der Waals surface area contributed by atoms with Gasteiger partial charge in [-0.15, -0.1) is 0 Å². The van der Waals surface area contributed by atoms with Gasteiger partial charge in [0.05, 0.1) is 29.4 Å². The summed E-state index contributed by atoms with van der Waals surface area (Å²) in [7, 11) is 1.62. The number of aromatic amines is 2. The van der Waals surface area contributed by atoms with Gasteiger partial charge < -0.3 is 19.8 Å². The Balaban J connectivity index is 1.67. The molecule has 0 fully saturated rings. The number of nitrogens with one attached hydrogen (secondary N) is 2. The van der Waals surface area contributed by atoms with E-state index in [4.69, 9.17) is 4.74 Å². The SMILES string of the molecule is COc1cccc2c(/C=C(\Sc3nc4ccccc4[nH]3)C(=O)O)c(-c3ccccc3)[nH]c12. The van der Waals surface area contributed by atoms with Crippen LogP contribution < -0.4 is 4.74 Å². The molecule has 0 atom stereocenters. The Labute approximate surface area is 188 Å². The molecule has 0 aliphatic carbocycles. The number of hydrogen-bond acceptors (Lipinski definition) is 4. The highest BCUT2D eigenvalue weighted by molar-refractivity contribution is 8.04. The van der Waals surface area contributed by atoms with E-state index in [0.717, 1.165) is 50.5 Å². The summed E-state index contributed by atoms with van der Waals surface area (Å²) in [5, 5.41) is 11.4. The van der Waals surface area contributed by atoms with Gasteiger partial charge in [-0.1, -0.05) is 54.6 Å². The lowest BCUT2D eigenvalue weighted by molar-refractivity contribution is -0.131. The molecule has 158 valence electrons. The van der Waals surface area contributed by atoms with Gasteiger partial charge in [-0.25, -0.2) is 9.78 Å². The number of hydrogen-bond donors (Lipinski definition) is 3. The zero-order valence-corrected chi connectivity index (χ0v) is 17.9. The largest absolute Gasteiger partial charge is 0.495 e. The first kappa shape index (κ1) is 20.0. The highest BCUT2D eigenvalue weighted by Gasteiger charge is 2.19. The minimum absolute atomic E-state index is 0.157. The van der Waals surface area contributed by atoms with Crippen LogP contribution in [0, 0.1) is 0 Å². The minimum atomic E-state index is -1.02. The number of nitrogens with zero attached hydrogens (tertiary/aromatic N) is 1. The summed E-state index contributed by atoms with van der Waals surface area (Å²) < 4.78 is 5.52. The van der Waals surface area contributed by atoms with Crippen molar-refractivity contribution in [3.05, 3.63) is 83.3 Å². The maximum Gasteiger partial charge on any atom is 0.342 e. The van der Waals surface area contributed by atoms with Gasteiger partial charge in [-0.05, 0) is 41.6 Å². The van der Waals surface area contributed by atoms with E-state index in [-0.39, 0.29) is 4.91 Å². The monoisotopic (exact) mass is 441 g/mol. The first-order valence-electron chi connectivity index (χ1n) is 9.95. The quantitative estimate of drug-likeness (QED) is 0.224. The Morgan fingerprint density at radius 3 is 2.53 bits per heavy atom. The second kappa shape index (κ2) is 8.28. The maximum atomic E-state index is 12.2. The van der Waals surface area contributed by atoms with Gasteiger partial charge in [-0.3, -0.25) is 0 Å². The molecule has 0 amide bonds. The maximum absolute atomic E-state index is 12.2. The molecule has 3 aromatic carbocycles. The van der Waals surface area contributed by atoms with E-state index in [2.05, 4.69) is 15.0 Å². The number of imidazole rings is 1. The van der Waals surface area contributed by atoms with Crippen LogP contribution in [0.15, 0.2) is 82.9 Å². The van der Waals surface area contributed by atoms with Crippen LogP contribution in [0.2, 0.25) is 0 Å². The lowest BCUT2D eigenvalue weighted by atomic mass is 10.0. The molecule has 5 rings (SSSR count). The van der Waals surface area contributed by atoms with Crippen molar-refractivity contribution >= 4 is 45.7 Å². The van der Waals surface area contributed by atoms with Crippen LogP contribution in [0.4, 0.5) is 0 Å². The third kappa shape index (κ3) is 3.63. The van der Waals surface area contributed by atoms with Crippen molar-refractivity contribution in [2.75, 3.05) is 7.11 Å². The molecular weight excluding hydrogens is 422 g/mol. The van der Waals surface area contributed by atoms with Gasteiger partial charge >= 0.3 is 5.97 Å². The molecule has 32 heavy (non-hydrogen) atoms. The van der Waals surface area contributed by atoms with Crippen molar-refractivity contribution in [1.82, 2.24) is 15.0 Å². The van der Waals surface area contributed by atoms with E-state index in [1.54, 1.807) is 13.2 Å². The normalized spacial score (nSPS) is 11.8. The number of aliphatic carboxylic acids is 1. The van der Waals surface area contributed by atoms with Crippen LogP contribution in [0.1, 0.15) is 5.56 Å². The molecule has 0 aliphatic heterocycles. The number of carboxylic acid groups (broad SMARTS) is 1. The van der Waals surface area contributed by atoms with Gasteiger partial charge in [0.15, 0.2) is 5.16 Å². The van der Waals surface area contributed by atoms with Crippen LogP contribution in [-0.2, 0) is 4.79 Å². The average Bonchev–Trinajstić information content (AvgIpc) is 3.40. The van der Waals surface area contributed by atoms with Gasteiger partial charge in [0.25, 0.3) is 0 Å². The molecule has 2 heterocycles. The number of thioether (sulfide) groups is 1. The zero-order valence-electron chi connectivity index (χ0n) is 17.1. The summed E-state index contributed by atoms with van der Waals surface area (Å²) in [6.45, 7) is 0. The number of carbonyl (C=O) groups is 1. The molecule has 0 saturated carbocycles. The second-order valence-electron chi connectivity index (χ2n) is 7.14. The summed E-state index contributed by atoms with van der Waals surface area (Å²) in [5.41, 5.74) is 5.04. The topological polar surface area (TPSA) is 91.0 Å². The number of para-hydroxylation sites is 3. The fourth-order valence-corrected chi connectivity index (χ4v) is 4.49. The summed E-state index contributed by atoms with van der Waals surface area (Å²) in [6.07, 6.45) is 1.70. The Hall–Kier alpha value is -3.97. The molecular formula is C25H19N3O3S. The molecule has 0 radical (unpaired) electrons. The number of carboxylic acids is 1. The van der Waals surface area contributed by atoms with E-state index in [1.165, 1.54) is 0 Å². The Morgan fingerprint density at radius 1 is 1.00 bits per heavy atom. The van der Waals surface area contributed by atoms with Crippen molar-refractivity contribution in [3.63, 3.8) is 0 Å². The number of rotatable bonds is 6. The second-order valence-corrected chi connectivity index (χ2v) is 8.17. The minimum Gasteiger partial charge on any atom is -0.495 e. The summed E-state index contributed by atoms with van der Waals surface area (Å²) >= 11 is 1.09. The van der Waals surface area contributed by atoms with Crippen LogP contribution in [0.25, 0.3) is 39.3 Å². The number of aromatic nitrogens is 3. The summed E-state index contributed by atoms with van der Waals surface area (Å²) in [6, 6.07) is 23.2. The Bertz CT molecular complexity index is 1440. The molecule has 0 spiro atoms. The van der Waals surface area contributed by atoms with Crippen LogP contribution in [0.3, 0.4) is 0 Å². The summed E-state index contributed by atoms with van der Waals surface area (Å²) in [4.78, 5) is 23.5. The fourth-order valence-electron chi connectivity index (χ4n) is 3.71.